The van der Waals surface area contributed by atoms with Crippen molar-refractivity contribution >= 4 is 23.6 Å². The van der Waals surface area contributed by atoms with Crippen LogP contribution in [0.4, 0.5) is 0 Å². The summed E-state index contributed by atoms with van der Waals surface area (Å²) in [7, 11) is 0. The van der Waals surface area contributed by atoms with Crippen molar-refractivity contribution < 1.29 is 14.3 Å². The van der Waals surface area contributed by atoms with E-state index in [2.05, 4.69) is 20.4 Å². The highest BCUT2D eigenvalue weighted by atomic mass is 32.2. The van der Waals surface area contributed by atoms with Gasteiger partial charge in [-0.3, -0.25) is 4.79 Å². The number of thioether (sulfide) groups is 1. The smallest absolute Gasteiger partial charge is 0.330 e. The van der Waals surface area contributed by atoms with Gasteiger partial charge in [0.2, 0.25) is 5.91 Å². The number of ether oxygens (including phenoxy) is 1. The molecule has 0 aromatic rings. The summed E-state index contributed by atoms with van der Waals surface area (Å²) >= 11 is 1.58. The molecular formula is C17H27NO3S. The summed E-state index contributed by atoms with van der Waals surface area (Å²) in [6.07, 6.45) is 5.31. The fourth-order valence-corrected chi connectivity index (χ4v) is 4.45. The second-order valence-corrected chi connectivity index (χ2v) is 7.98. The first-order valence-electron chi connectivity index (χ1n) is 8.10. The van der Waals surface area contributed by atoms with Crippen molar-refractivity contribution in [3.63, 3.8) is 0 Å². The summed E-state index contributed by atoms with van der Waals surface area (Å²) in [4.78, 5) is 25.9. The molecule has 1 saturated carbocycles. The number of rotatable bonds is 4. The lowest BCUT2D eigenvalue weighted by molar-refractivity contribution is -0.169. The van der Waals surface area contributed by atoms with Crippen LogP contribution in [0.3, 0.4) is 0 Å². The Bertz CT molecular complexity index is 441. The van der Waals surface area contributed by atoms with Crippen LogP contribution in [-0.4, -0.2) is 40.0 Å². The Balaban J connectivity index is 1.94. The van der Waals surface area contributed by atoms with Crippen LogP contribution in [0.2, 0.25) is 0 Å². The molecule has 0 N–H and O–H groups in total. The van der Waals surface area contributed by atoms with Gasteiger partial charge in [0.1, 0.15) is 11.6 Å². The molecule has 5 heteroatoms. The van der Waals surface area contributed by atoms with Crippen molar-refractivity contribution in [3.05, 3.63) is 12.7 Å². The highest BCUT2D eigenvalue weighted by Crippen LogP contribution is 2.38. The maximum absolute atomic E-state index is 12.5. The zero-order chi connectivity index (χ0) is 16.3. The average molecular weight is 325 g/mol. The average Bonchev–Trinajstić information content (AvgIpc) is 2.96. The molecule has 1 heterocycles. The van der Waals surface area contributed by atoms with Crippen molar-refractivity contribution in [2.45, 2.75) is 58.1 Å². The summed E-state index contributed by atoms with van der Waals surface area (Å²) in [5.74, 6) is 2.12. The Morgan fingerprint density at radius 2 is 2.00 bits per heavy atom. The van der Waals surface area contributed by atoms with Crippen LogP contribution in [0.5, 0.6) is 0 Å². The lowest BCUT2D eigenvalue weighted by atomic mass is 9.75. The number of carbonyl (C=O) groups is 2. The number of nitrogens with zero attached hydrogens (tertiary/aromatic N) is 1. The van der Waals surface area contributed by atoms with E-state index in [4.69, 9.17) is 4.74 Å². The van der Waals surface area contributed by atoms with Crippen LogP contribution in [-0.2, 0) is 14.3 Å². The molecule has 124 valence electrons. The molecule has 0 aromatic heterocycles. The minimum absolute atomic E-state index is 0.194. The van der Waals surface area contributed by atoms with Gasteiger partial charge in [0.05, 0.1) is 5.88 Å². The first kappa shape index (κ1) is 17.4. The van der Waals surface area contributed by atoms with Crippen LogP contribution in [0.1, 0.15) is 46.5 Å². The highest BCUT2D eigenvalue weighted by molar-refractivity contribution is 7.99. The third-order valence-corrected chi connectivity index (χ3v) is 6.00. The van der Waals surface area contributed by atoms with Gasteiger partial charge in [0.15, 0.2) is 0 Å². The molecule has 2 aliphatic rings. The van der Waals surface area contributed by atoms with Crippen molar-refractivity contribution in [2.24, 2.45) is 11.8 Å². The van der Waals surface area contributed by atoms with Gasteiger partial charge < -0.3 is 9.64 Å². The van der Waals surface area contributed by atoms with Crippen LogP contribution < -0.4 is 0 Å². The molecule has 1 aliphatic carbocycles. The molecule has 2 fully saturated rings. The first-order valence-corrected chi connectivity index (χ1v) is 9.25. The predicted molar refractivity (Wildman–Crippen MR) is 89.4 cm³/mol. The number of hydrogen-bond acceptors (Lipinski definition) is 4. The summed E-state index contributed by atoms with van der Waals surface area (Å²) in [5.41, 5.74) is -0.376. The summed E-state index contributed by atoms with van der Waals surface area (Å²) < 4.78 is 5.84. The highest BCUT2D eigenvalue weighted by Gasteiger charge is 2.40. The van der Waals surface area contributed by atoms with Crippen LogP contribution in [0.15, 0.2) is 12.7 Å². The Morgan fingerprint density at radius 1 is 1.36 bits per heavy atom. The van der Waals surface area contributed by atoms with E-state index in [1.54, 1.807) is 16.7 Å². The van der Waals surface area contributed by atoms with Gasteiger partial charge in [-0.15, -0.1) is 11.8 Å². The summed E-state index contributed by atoms with van der Waals surface area (Å²) in [6.45, 7) is 10.0. The van der Waals surface area contributed by atoms with Crippen molar-refractivity contribution in [1.29, 1.82) is 0 Å². The lowest BCUT2D eigenvalue weighted by Gasteiger charge is -2.39. The molecule has 0 unspecified atom stereocenters. The van der Waals surface area contributed by atoms with Gasteiger partial charge in [0, 0.05) is 5.75 Å². The number of hydrogen-bond donors (Lipinski definition) is 0. The molecule has 1 aliphatic heterocycles. The maximum Gasteiger partial charge on any atom is 0.330 e. The summed E-state index contributed by atoms with van der Waals surface area (Å²) in [6, 6.07) is -0.463. The Hall–Kier alpha value is -0.970. The molecule has 1 saturated heterocycles. The Kier molecular flexibility index (Phi) is 5.59. The fraction of sp³-hybridized carbons (Fsp3) is 0.765. The zero-order valence-electron chi connectivity index (χ0n) is 13.8. The van der Waals surface area contributed by atoms with Gasteiger partial charge in [-0.05, 0) is 50.5 Å². The SMILES string of the molecule is C=CC(=O)N1CSC[C@H]1C(=O)OC1(C)CCC(C(C)C)CC1. The van der Waals surface area contributed by atoms with Gasteiger partial charge in [0.25, 0.3) is 0 Å². The largest absolute Gasteiger partial charge is 0.458 e. The number of esters is 1. The second kappa shape index (κ2) is 7.07. The molecule has 0 aromatic carbocycles. The van der Waals surface area contributed by atoms with E-state index >= 15 is 0 Å². The number of amides is 1. The van der Waals surface area contributed by atoms with Crippen molar-refractivity contribution in [3.8, 4) is 0 Å². The van der Waals surface area contributed by atoms with Gasteiger partial charge >= 0.3 is 5.97 Å². The van der Waals surface area contributed by atoms with Crippen LogP contribution in [0, 0.1) is 11.8 Å². The quantitative estimate of drug-likeness (QED) is 0.588. The van der Waals surface area contributed by atoms with E-state index in [1.807, 2.05) is 6.92 Å². The molecule has 0 bridgehead atoms. The molecule has 22 heavy (non-hydrogen) atoms. The second-order valence-electron chi connectivity index (χ2n) is 6.98. The monoisotopic (exact) mass is 325 g/mol. The molecule has 2 rings (SSSR count). The topological polar surface area (TPSA) is 46.6 Å². The standard InChI is InChI=1S/C17H27NO3S/c1-5-15(19)18-11-22-10-14(18)16(20)21-17(4)8-6-13(7-9-17)12(2)3/h5,12-14H,1,6-11H2,2-4H3/t13?,14-,17?/m0/s1. The molecule has 1 amide bonds. The van der Waals surface area contributed by atoms with Crippen molar-refractivity contribution in [1.82, 2.24) is 4.90 Å². The Labute approximate surface area is 137 Å². The van der Waals surface area contributed by atoms with E-state index < -0.39 is 6.04 Å². The van der Waals surface area contributed by atoms with E-state index in [9.17, 15) is 9.59 Å². The first-order chi connectivity index (χ1) is 10.4. The van der Waals surface area contributed by atoms with E-state index in [-0.39, 0.29) is 17.5 Å². The minimum Gasteiger partial charge on any atom is -0.458 e. The minimum atomic E-state index is -0.463. The molecule has 1 atom stereocenters. The van der Waals surface area contributed by atoms with Crippen LogP contribution >= 0.6 is 11.8 Å². The zero-order valence-corrected chi connectivity index (χ0v) is 14.7. The fourth-order valence-electron chi connectivity index (χ4n) is 3.30. The van der Waals surface area contributed by atoms with Gasteiger partial charge in [-0.25, -0.2) is 4.79 Å². The summed E-state index contributed by atoms with van der Waals surface area (Å²) in [5, 5.41) is 0. The predicted octanol–water partition coefficient (Wildman–Crippen LogP) is 3.22. The molecular weight excluding hydrogens is 298 g/mol. The maximum atomic E-state index is 12.5. The molecule has 0 spiro atoms. The molecule has 0 radical (unpaired) electrons. The third kappa shape index (κ3) is 3.86. The number of carbonyl (C=O) groups excluding carboxylic acids is 2. The lowest BCUT2D eigenvalue weighted by Crippen LogP contribution is -2.46. The molecule has 4 nitrogen and oxygen atoms in total. The van der Waals surface area contributed by atoms with Gasteiger partial charge in [-0.2, -0.15) is 0 Å². The van der Waals surface area contributed by atoms with E-state index in [0.29, 0.717) is 17.5 Å². The van der Waals surface area contributed by atoms with Gasteiger partial charge in [-0.1, -0.05) is 20.4 Å². The van der Waals surface area contributed by atoms with E-state index in [1.165, 1.54) is 6.08 Å². The Morgan fingerprint density at radius 3 is 2.55 bits per heavy atom. The van der Waals surface area contributed by atoms with Crippen LogP contribution in [0.25, 0.3) is 0 Å². The normalized spacial score (nSPS) is 32.1. The third-order valence-electron chi connectivity index (χ3n) is 4.99. The van der Waals surface area contributed by atoms with E-state index in [0.717, 1.165) is 31.6 Å². The van der Waals surface area contributed by atoms with Crippen molar-refractivity contribution in [2.75, 3.05) is 11.6 Å².